The van der Waals surface area contributed by atoms with E-state index in [0.717, 1.165) is 10.0 Å². The topological polar surface area (TPSA) is 77.1 Å². The molecule has 2 aromatic heterocycles. The fourth-order valence-electron chi connectivity index (χ4n) is 1.77. The van der Waals surface area contributed by atoms with Gasteiger partial charge in [-0.2, -0.15) is 0 Å². The minimum atomic E-state index is -0.343. The molecular formula is C12H12BrN3O2S. The maximum absolute atomic E-state index is 12.0. The molecule has 3 N–H and O–H groups in total. The predicted octanol–water partition coefficient (Wildman–Crippen LogP) is 1.63. The van der Waals surface area contributed by atoms with E-state index in [1.165, 1.54) is 11.3 Å². The summed E-state index contributed by atoms with van der Waals surface area (Å²) in [6.07, 6.45) is 1.71. The van der Waals surface area contributed by atoms with Gasteiger partial charge in [-0.3, -0.25) is 15.0 Å². The van der Waals surface area contributed by atoms with E-state index in [1.54, 1.807) is 29.1 Å². The maximum Gasteiger partial charge on any atom is 0.275 e. The molecule has 0 unspecified atom stereocenters. The third-order valence-corrected chi connectivity index (χ3v) is 4.05. The zero-order chi connectivity index (χ0) is 14.0. The number of pyridine rings is 1. The van der Waals surface area contributed by atoms with Gasteiger partial charge in [-0.1, -0.05) is 0 Å². The quantitative estimate of drug-likeness (QED) is 0.506. The highest BCUT2D eigenvalue weighted by Gasteiger charge is 2.13. The molecule has 0 spiro atoms. The molecule has 7 heteroatoms. The summed E-state index contributed by atoms with van der Waals surface area (Å²) in [7, 11) is 0. The molecule has 1 amide bonds. The molecule has 2 aromatic rings. The van der Waals surface area contributed by atoms with Crippen molar-refractivity contribution in [3.05, 3.63) is 54.5 Å². The van der Waals surface area contributed by atoms with Crippen molar-refractivity contribution in [1.82, 2.24) is 9.99 Å². The number of hydrazine groups is 1. The Morgan fingerprint density at radius 3 is 3.00 bits per heavy atom. The van der Waals surface area contributed by atoms with Crippen molar-refractivity contribution in [2.24, 2.45) is 5.84 Å². The molecule has 0 fully saturated rings. The molecule has 0 aliphatic rings. The number of hydrogen-bond acceptors (Lipinski definition) is 4. The average Bonchev–Trinajstić information content (AvgIpc) is 2.82. The number of carbonyl (C=O) groups is 1. The third-order valence-electron chi connectivity index (χ3n) is 2.66. The van der Waals surface area contributed by atoms with E-state index >= 15 is 0 Å². The number of nitrogens with zero attached hydrogens (tertiary/aromatic N) is 1. The number of thiophene rings is 1. The Morgan fingerprint density at radius 1 is 1.58 bits per heavy atom. The largest absolute Gasteiger partial charge is 0.310 e. The van der Waals surface area contributed by atoms with Gasteiger partial charge in [0.2, 0.25) is 0 Å². The van der Waals surface area contributed by atoms with Crippen molar-refractivity contribution >= 4 is 33.2 Å². The monoisotopic (exact) mass is 341 g/mol. The van der Waals surface area contributed by atoms with Crippen molar-refractivity contribution in [2.75, 3.05) is 0 Å². The van der Waals surface area contributed by atoms with Gasteiger partial charge in [0.1, 0.15) is 0 Å². The summed E-state index contributed by atoms with van der Waals surface area (Å²) >= 11 is 4.65. The first kappa shape index (κ1) is 14.0. The number of halogens is 1. The smallest absolute Gasteiger partial charge is 0.275 e. The van der Waals surface area contributed by atoms with Gasteiger partial charge in [-0.15, -0.1) is 11.3 Å². The summed E-state index contributed by atoms with van der Waals surface area (Å²) in [5.41, 5.74) is 3.45. The summed E-state index contributed by atoms with van der Waals surface area (Å²) in [4.78, 5) is 24.1. The Balaban J connectivity index is 2.40. The lowest BCUT2D eigenvalue weighted by Crippen LogP contribution is -2.30. The number of amides is 1. The second-order valence-electron chi connectivity index (χ2n) is 4.02. The Kier molecular flexibility index (Phi) is 4.18. The minimum absolute atomic E-state index is 0.0755. The third kappa shape index (κ3) is 2.94. The first-order valence-electron chi connectivity index (χ1n) is 5.47. The van der Waals surface area contributed by atoms with E-state index in [4.69, 9.17) is 5.84 Å². The molecule has 0 aliphatic heterocycles. The first-order chi connectivity index (χ1) is 9.02. The van der Waals surface area contributed by atoms with Crippen LogP contribution in [-0.4, -0.2) is 10.5 Å². The summed E-state index contributed by atoms with van der Waals surface area (Å²) in [6.45, 7) is 2.09. The van der Waals surface area contributed by atoms with Gasteiger partial charge in [0.05, 0.1) is 11.4 Å². The molecule has 0 aromatic carbocycles. The lowest BCUT2D eigenvalue weighted by Gasteiger charge is -2.08. The van der Waals surface area contributed by atoms with Crippen molar-refractivity contribution in [3.63, 3.8) is 0 Å². The SMILES string of the molecule is Cc1cc(Br)cn(Cc2ccsc2C(=O)NN)c1=O. The second-order valence-corrected chi connectivity index (χ2v) is 5.85. The van der Waals surface area contributed by atoms with Crippen LogP contribution in [-0.2, 0) is 6.54 Å². The molecule has 0 radical (unpaired) electrons. The minimum Gasteiger partial charge on any atom is -0.310 e. The van der Waals surface area contributed by atoms with Crippen LogP contribution in [0.3, 0.4) is 0 Å². The number of hydrogen-bond donors (Lipinski definition) is 2. The van der Waals surface area contributed by atoms with Gasteiger partial charge in [-0.05, 0) is 45.9 Å². The van der Waals surface area contributed by atoms with Crippen LogP contribution in [0.4, 0.5) is 0 Å². The summed E-state index contributed by atoms with van der Waals surface area (Å²) in [5, 5.41) is 1.80. The van der Waals surface area contributed by atoms with Crippen LogP contribution < -0.4 is 16.8 Å². The molecule has 0 atom stereocenters. The molecule has 0 saturated carbocycles. The molecule has 5 nitrogen and oxygen atoms in total. The first-order valence-corrected chi connectivity index (χ1v) is 7.14. The van der Waals surface area contributed by atoms with Crippen LogP contribution in [0.25, 0.3) is 0 Å². The van der Waals surface area contributed by atoms with Crippen molar-refractivity contribution < 1.29 is 4.79 Å². The summed E-state index contributed by atoms with van der Waals surface area (Å²) in [5.74, 6) is 4.79. The van der Waals surface area contributed by atoms with E-state index < -0.39 is 0 Å². The number of nitrogens with one attached hydrogen (secondary N) is 1. The van der Waals surface area contributed by atoms with Gasteiger partial charge in [-0.25, -0.2) is 5.84 Å². The Hall–Kier alpha value is -1.44. The van der Waals surface area contributed by atoms with Gasteiger partial charge in [0.25, 0.3) is 11.5 Å². The Morgan fingerprint density at radius 2 is 2.32 bits per heavy atom. The van der Waals surface area contributed by atoms with Crippen LogP contribution in [0.1, 0.15) is 20.8 Å². The molecule has 0 saturated heterocycles. The molecule has 0 bridgehead atoms. The van der Waals surface area contributed by atoms with Crippen LogP contribution in [0.5, 0.6) is 0 Å². The predicted molar refractivity (Wildman–Crippen MR) is 78.2 cm³/mol. The van der Waals surface area contributed by atoms with E-state index in [2.05, 4.69) is 21.4 Å². The van der Waals surface area contributed by atoms with Gasteiger partial charge >= 0.3 is 0 Å². The van der Waals surface area contributed by atoms with E-state index in [1.807, 2.05) is 6.07 Å². The molecule has 19 heavy (non-hydrogen) atoms. The number of nitrogens with two attached hydrogens (primary N) is 1. The molecular weight excluding hydrogens is 330 g/mol. The van der Waals surface area contributed by atoms with Crippen molar-refractivity contribution in [1.29, 1.82) is 0 Å². The highest BCUT2D eigenvalue weighted by atomic mass is 79.9. The zero-order valence-corrected chi connectivity index (χ0v) is 12.5. The number of aromatic nitrogens is 1. The lowest BCUT2D eigenvalue weighted by atomic mass is 10.2. The summed E-state index contributed by atoms with van der Waals surface area (Å²) < 4.78 is 2.39. The standard InChI is InChI=1S/C12H12BrN3O2S/c1-7-4-9(13)6-16(12(7)18)5-8-2-3-19-10(8)11(17)15-14/h2-4,6H,5,14H2,1H3,(H,15,17). The number of carbonyl (C=O) groups excluding carboxylic acids is 1. The van der Waals surface area contributed by atoms with Crippen LogP contribution >= 0.6 is 27.3 Å². The van der Waals surface area contributed by atoms with E-state index in [9.17, 15) is 9.59 Å². The fourth-order valence-corrected chi connectivity index (χ4v) is 3.17. The van der Waals surface area contributed by atoms with Crippen molar-refractivity contribution in [3.8, 4) is 0 Å². The lowest BCUT2D eigenvalue weighted by molar-refractivity contribution is 0.0957. The summed E-state index contributed by atoms with van der Waals surface area (Å²) in [6, 6.07) is 3.58. The van der Waals surface area contributed by atoms with E-state index in [0.29, 0.717) is 17.0 Å². The van der Waals surface area contributed by atoms with Gasteiger partial charge in [0, 0.05) is 16.2 Å². The highest BCUT2D eigenvalue weighted by molar-refractivity contribution is 9.10. The number of rotatable bonds is 3. The van der Waals surface area contributed by atoms with Gasteiger partial charge in [0.15, 0.2) is 0 Å². The molecule has 2 heterocycles. The van der Waals surface area contributed by atoms with Crippen LogP contribution in [0.15, 0.2) is 33.0 Å². The average molecular weight is 342 g/mol. The normalized spacial score (nSPS) is 10.5. The highest BCUT2D eigenvalue weighted by Crippen LogP contribution is 2.18. The Bertz CT molecular complexity index is 678. The van der Waals surface area contributed by atoms with Gasteiger partial charge < -0.3 is 4.57 Å². The van der Waals surface area contributed by atoms with Crippen molar-refractivity contribution in [2.45, 2.75) is 13.5 Å². The number of nitrogen functional groups attached to an aromatic ring is 1. The second kappa shape index (κ2) is 5.68. The molecule has 2 rings (SSSR count). The maximum atomic E-state index is 12.0. The number of aryl methyl sites for hydroxylation is 1. The molecule has 0 aliphatic carbocycles. The Labute approximate surface area is 122 Å². The fraction of sp³-hybridized carbons (Fsp3) is 0.167. The van der Waals surface area contributed by atoms with Crippen LogP contribution in [0, 0.1) is 6.92 Å². The van der Waals surface area contributed by atoms with E-state index in [-0.39, 0.29) is 11.5 Å². The zero-order valence-electron chi connectivity index (χ0n) is 10.1. The molecule has 100 valence electrons. The van der Waals surface area contributed by atoms with Crippen LogP contribution in [0.2, 0.25) is 0 Å².